The van der Waals surface area contributed by atoms with Crippen molar-refractivity contribution in [1.82, 2.24) is 15.3 Å². The smallest absolute Gasteiger partial charge is 0.322 e. The van der Waals surface area contributed by atoms with Crippen molar-refractivity contribution < 1.29 is 18.6 Å². The van der Waals surface area contributed by atoms with Crippen molar-refractivity contribution in [3.8, 4) is 0 Å². The SMILES string of the molecule is CCC.O=C(O)CNC(=O)c1cnc(SF)nc1. The van der Waals surface area contributed by atoms with Crippen LogP contribution in [0.1, 0.15) is 30.6 Å². The fraction of sp³-hybridized carbons (Fsp3) is 0.400. The molecule has 0 saturated heterocycles. The lowest BCUT2D eigenvalue weighted by atomic mass is 10.3. The second kappa shape index (κ2) is 9.34. The fourth-order valence-corrected chi connectivity index (χ4v) is 0.916. The highest BCUT2D eigenvalue weighted by Gasteiger charge is 2.08. The first-order valence-corrected chi connectivity index (χ1v) is 5.87. The van der Waals surface area contributed by atoms with Crippen molar-refractivity contribution >= 4 is 24.0 Å². The second-order valence-electron chi connectivity index (χ2n) is 3.11. The average molecular weight is 275 g/mol. The van der Waals surface area contributed by atoms with E-state index in [1.165, 1.54) is 6.42 Å². The summed E-state index contributed by atoms with van der Waals surface area (Å²) in [6.07, 6.45) is 3.48. The summed E-state index contributed by atoms with van der Waals surface area (Å²) in [6.45, 7) is 3.76. The Morgan fingerprint density at radius 2 is 1.89 bits per heavy atom. The van der Waals surface area contributed by atoms with E-state index in [1.54, 1.807) is 0 Å². The lowest BCUT2D eigenvalue weighted by Gasteiger charge is -2.00. The summed E-state index contributed by atoms with van der Waals surface area (Å²) >= 11 is -0.141. The molecule has 1 rings (SSSR count). The summed E-state index contributed by atoms with van der Waals surface area (Å²) < 4.78 is 11.9. The standard InChI is InChI=1S/C7H6FN3O3S.C3H8/c8-15-7-10-1-4(2-11-7)6(14)9-3-5(12)13;1-3-2/h1-2H,3H2,(H,9,14)(H,12,13);3H2,1-2H3. The minimum atomic E-state index is -1.15. The maximum absolute atomic E-state index is 11.9. The molecule has 0 aliphatic carbocycles. The predicted octanol–water partition coefficient (Wildman–Crippen LogP) is 1.68. The van der Waals surface area contributed by atoms with Gasteiger partial charge in [-0.3, -0.25) is 9.59 Å². The number of halogens is 1. The Kier molecular flexibility index (Phi) is 8.46. The van der Waals surface area contributed by atoms with Crippen LogP contribution in [-0.2, 0) is 4.79 Å². The number of carbonyl (C=O) groups excluding carboxylic acids is 1. The van der Waals surface area contributed by atoms with E-state index < -0.39 is 18.4 Å². The van der Waals surface area contributed by atoms with Gasteiger partial charge in [0.2, 0.25) is 5.16 Å². The number of hydrogen-bond acceptors (Lipinski definition) is 5. The van der Waals surface area contributed by atoms with E-state index in [0.29, 0.717) is 0 Å². The molecule has 1 aromatic heterocycles. The van der Waals surface area contributed by atoms with Gasteiger partial charge in [0.25, 0.3) is 5.91 Å². The van der Waals surface area contributed by atoms with Gasteiger partial charge in [-0.05, 0) is 0 Å². The molecule has 1 aromatic rings. The van der Waals surface area contributed by atoms with Crippen LogP contribution in [0.25, 0.3) is 0 Å². The van der Waals surface area contributed by atoms with E-state index in [4.69, 9.17) is 5.11 Å². The lowest BCUT2D eigenvalue weighted by Crippen LogP contribution is -2.29. The Balaban J connectivity index is 0.000000873. The van der Waals surface area contributed by atoms with E-state index in [0.717, 1.165) is 12.4 Å². The van der Waals surface area contributed by atoms with E-state index in [2.05, 4.69) is 29.1 Å². The summed E-state index contributed by atoms with van der Waals surface area (Å²) in [7, 11) is 0. The van der Waals surface area contributed by atoms with Gasteiger partial charge in [-0.25, -0.2) is 9.97 Å². The number of rotatable bonds is 4. The topological polar surface area (TPSA) is 92.2 Å². The molecule has 18 heavy (non-hydrogen) atoms. The van der Waals surface area contributed by atoms with Crippen LogP contribution >= 0.6 is 12.1 Å². The van der Waals surface area contributed by atoms with Crippen LogP contribution in [0.2, 0.25) is 0 Å². The zero-order valence-corrected chi connectivity index (χ0v) is 10.8. The summed E-state index contributed by atoms with van der Waals surface area (Å²) in [5.41, 5.74) is 0.0778. The van der Waals surface area contributed by atoms with E-state index in [-0.39, 0.29) is 22.9 Å². The highest BCUT2D eigenvalue weighted by molar-refractivity contribution is 7.94. The van der Waals surface area contributed by atoms with Crippen molar-refractivity contribution in [2.45, 2.75) is 25.4 Å². The summed E-state index contributed by atoms with van der Waals surface area (Å²) in [4.78, 5) is 28.4. The largest absolute Gasteiger partial charge is 0.480 e. The van der Waals surface area contributed by atoms with Crippen LogP contribution in [0.5, 0.6) is 0 Å². The van der Waals surface area contributed by atoms with Gasteiger partial charge < -0.3 is 10.4 Å². The normalized spacial score (nSPS) is 9.06. The van der Waals surface area contributed by atoms with Crippen molar-refractivity contribution in [2.24, 2.45) is 0 Å². The van der Waals surface area contributed by atoms with Crippen molar-refractivity contribution in [1.29, 1.82) is 0 Å². The molecule has 0 spiro atoms. The molecule has 8 heteroatoms. The number of nitrogens with one attached hydrogen (secondary N) is 1. The van der Waals surface area contributed by atoms with Crippen LogP contribution in [0.3, 0.4) is 0 Å². The number of carboxylic acid groups (broad SMARTS) is 1. The molecule has 0 aromatic carbocycles. The zero-order valence-electron chi connectivity index (χ0n) is 10.0. The minimum absolute atomic E-state index is 0.0778. The summed E-state index contributed by atoms with van der Waals surface area (Å²) in [5, 5.41) is 10.3. The number of hydrogen-bond donors (Lipinski definition) is 2. The molecule has 0 aliphatic rings. The third kappa shape index (κ3) is 6.79. The number of aliphatic carboxylic acids is 1. The minimum Gasteiger partial charge on any atom is -0.480 e. The molecule has 0 unspecified atom stereocenters. The molecule has 1 amide bonds. The molecule has 0 fully saturated rings. The first kappa shape index (κ1) is 16.3. The number of nitrogens with zero attached hydrogens (tertiary/aromatic N) is 2. The molecule has 0 saturated carbocycles. The number of aromatic nitrogens is 2. The average Bonchev–Trinajstić information content (AvgIpc) is 2.37. The first-order valence-electron chi connectivity index (χ1n) is 5.15. The van der Waals surface area contributed by atoms with Crippen LogP contribution in [0.15, 0.2) is 17.6 Å². The molecule has 0 bridgehead atoms. The van der Waals surface area contributed by atoms with E-state index in [1.807, 2.05) is 0 Å². The molecular weight excluding hydrogens is 261 g/mol. The Hall–Kier alpha value is -1.70. The maximum Gasteiger partial charge on any atom is 0.322 e. The van der Waals surface area contributed by atoms with Crippen molar-refractivity contribution in [3.05, 3.63) is 18.0 Å². The summed E-state index contributed by atoms with van der Waals surface area (Å²) in [6, 6.07) is 0. The molecule has 1 heterocycles. The van der Waals surface area contributed by atoms with Gasteiger partial charge in [0, 0.05) is 12.4 Å². The van der Waals surface area contributed by atoms with Crippen LogP contribution in [-0.4, -0.2) is 33.5 Å². The lowest BCUT2D eigenvalue weighted by molar-refractivity contribution is -0.135. The molecule has 0 radical (unpaired) electrons. The van der Waals surface area contributed by atoms with E-state index >= 15 is 0 Å². The van der Waals surface area contributed by atoms with Crippen LogP contribution < -0.4 is 5.32 Å². The van der Waals surface area contributed by atoms with Gasteiger partial charge in [-0.15, -0.1) is 0 Å². The third-order valence-electron chi connectivity index (χ3n) is 1.36. The Bertz CT molecular complexity index is 386. The molecule has 6 nitrogen and oxygen atoms in total. The number of carboxylic acids is 1. The van der Waals surface area contributed by atoms with Gasteiger partial charge in [-0.2, -0.15) is 3.89 Å². The summed E-state index contributed by atoms with van der Waals surface area (Å²) in [5.74, 6) is -1.77. The molecular formula is C10H14FN3O3S. The van der Waals surface area contributed by atoms with Gasteiger partial charge >= 0.3 is 5.97 Å². The zero-order chi connectivity index (χ0) is 14.0. The Labute approximate surface area is 108 Å². The maximum atomic E-state index is 11.9. The molecule has 0 aliphatic heterocycles. The van der Waals surface area contributed by atoms with E-state index in [9.17, 15) is 13.5 Å². The first-order chi connectivity index (χ1) is 8.54. The number of carbonyl (C=O) groups is 2. The van der Waals surface area contributed by atoms with Crippen molar-refractivity contribution in [2.75, 3.05) is 6.54 Å². The van der Waals surface area contributed by atoms with Crippen LogP contribution in [0.4, 0.5) is 3.89 Å². The van der Waals surface area contributed by atoms with Gasteiger partial charge in [0.1, 0.15) is 18.7 Å². The Morgan fingerprint density at radius 3 is 2.28 bits per heavy atom. The second-order valence-corrected chi connectivity index (χ2v) is 3.63. The molecule has 2 N–H and O–H groups in total. The third-order valence-corrected chi connectivity index (χ3v) is 1.71. The van der Waals surface area contributed by atoms with Crippen molar-refractivity contribution in [3.63, 3.8) is 0 Å². The van der Waals surface area contributed by atoms with Gasteiger partial charge in [-0.1, -0.05) is 20.3 Å². The molecule has 0 atom stereocenters. The van der Waals surface area contributed by atoms with Gasteiger partial charge in [0.05, 0.1) is 5.56 Å². The Morgan fingerprint density at radius 1 is 1.39 bits per heavy atom. The highest BCUT2D eigenvalue weighted by atomic mass is 32.2. The molecule has 100 valence electrons. The fourth-order valence-electron chi connectivity index (χ4n) is 0.731. The monoisotopic (exact) mass is 275 g/mol. The van der Waals surface area contributed by atoms with Crippen LogP contribution in [0, 0.1) is 0 Å². The predicted molar refractivity (Wildman–Crippen MR) is 64.9 cm³/mol. The quantitative estimate of drug-likeness (QED) is 0.812. The number of amides is 1. The highest BCUT2D eigenvalue weighted by Crippen LogP contribution is 2.11. The van der Waals surface area contributed by atoms with Gasteiger partial charge in [0.15, 0.2) is 0 Å².